The van der Waals surface area contributed by atoms with Crippen molar-refractivity contribution < 1.29 is 0 Å². The normalized spacial score (nSPS) is 16.7. The summed E-state index contributed by atoms with van der Waals surface area (Å²) in [4.78, 5) is 4.41. The number of nitrogens with zero attached hydrogens (tertiary/aromatic N) is 2. The van der Waals surface area contributed by atoms with Crippen molar-refractivity contribution >= 4 is 46.3 Å². The SMILES string of the molecule is N=C(c1ccccc1)N1CCN(c2ccc(Cl)cc2Cl)C(c2ccc(Cl)cc2)C1. The first-order valence-corrected chi connectivity index (χ1v) is 10.5. The fourth-order valence-electron chi connectivity index (χ4n) is 3.74. The molecule has 0 saturated carbocycles. The van der Waals surface area contributed by atoms with Gasteiger partial charge in [0.1, 0.15) is 5.84 Å². The molecule has 0 aromatic heterocycles. The molecule has 29 heavy (non-hydrogen) atoms. The van der Waals surface area contributed by atoms with Crippen molar-refractivity contribution in [1.29, 1.82) is 5.41 Å². The van der Waals surface area contributed by atoms with E-state index in [1.807, 2.05) is 66.7 Å². The van der Waals surface area contributed by atoms with Gasteiger partial charge in [0.15, 0.2) is 0 Å². The Bertz CT molecular complexity index is 1010. The number of halogens is 3. The quantitative estimate of drug-likeness (QED) is 0.367. The molecule has 3 nitrogen and oxygen atoms in total. The summed E-state index contributed by atoms with van der Waals surface area (Å²) in [7, 11) is 0. The van der Waals surface area contributed by atoms with Crippen molar-refractivity contribution in [3.63, 3.8) is 0 Å². The van der Waals surface area contributed by atoms with Crippen LogP contribution in [0.4, 0.5) is 5.69 Å². The summed E-state index contributed by atoms with van der Waals surface area (Å²) in [5.41, 5.74) is 2.99. The molecule has 1 aliphatic rings. The van der Waals surface area contributed by atoms with Crippen LogP contribution < -0.4 is 4.90 Å². The first-order chi connectivity index (χ1) is 14.0. The summed E-state index contributed by atoms with van der Waals surface area (Å²) in [6.07, 6.45) is 0. The lowest BCUT2D eigenvalue weighted by molar-refractivity contribution is 0.329. The molecule has 0 amide bonds. The van der Waals surface area contributed by atoms with Gasteiger partial charge in [-0.25, -0.2) is 0 Å². The molecule has 1 aliphatic heterocycles. The van der Waals surface area contributed by atoms with Crippen LogP contribution >= 0.6 is 34.8 Å². The highest BCUT2D eigenvalue weighted by Gasteiger charge is 2.31. The molecule has 1 atom stereocenters. The molecule has 0 spiro atoms. The van der Waals surface area contributed by atoms with Crippen molar-refractivity contribution in [2.45, 2.75) is 6.04 Å². The van der Waals surface area contributed by atoms with Gasteiger partial charge in [-0.05, 0) is 35.9 Å². The molecule has 0 radical (unpaired) electrons. The fourth-order valence-corrected chi connectivity index (χ4v) is 4.38. The van der Waals surface area contributed by atoms with Crippen LogP contribution in [0.2, 0.25) is 15.1 Å². The maximum atomic E-state index is 8.69. The van der Waals surface area contributed by atoms with Crippen molar-refractivity contribution in [1.82, 2.24) is 4.90 Å². The number of nitrogens with one attached hydrogen (secondary N) is 1. The second kappa shape index (κ2) is 8.66. The topological polar surface area (TPSA) is 30.3 Å². The van der Waals surface area contributed by atoms with Gasteiger partial charge in [0.25, 0.3) is 0 Å². The van der Waals surface area contributed by atoms with Gasteiger partial charge < -0.3 is 9.80 Å². The molecule has 1 saturated heterocycles. The van der Waals surface area contributed by atoms with E-state index in [0.29, 0.717) is 27.4 Å². The molecule has 0 bridgehead atoms. The zero-order valence-corrected chi connectivity index (χ0v) is 17.9. The van der Waals surface area contributed by atoms with E-state index in [1.165, 1.54) is 0 Å². The van der Waals surface area contributed by atoms with Crippen LogP contribution in [0, 0.1) is 5.41 Å². The van der Waals surface area contributed by atoms with E-state index in [0.717, 1.165) is 29.9 Å². The third kappa shape index (κ3) is 4.37. The number of anilines is 1. The number of hydrogen-bond donors (Lipinski definition) is 1. The van der Waals surface area contributed by atoms with Crippen LogP contribution in [-0.4, -0.2) is 30.4 Å². The first kappa shape index (κ1) is 20.1. The minimum atomic E-state index is 0.0313. The van der Waals surface area contributed by atoms with Crippen LogP contribution in [0.15, 0.2) is 72.8 Å². The van der Waals surface area contributed by atoms with Gasteiger partial charge in [-0.2, -0.15) is 0 Å². The Morgan fingerprint density at radius 1 is 0.828 bits per heavy atom. The van der Waals surface area contributed by atoms with Crippen LogP contribution in [0.5, 0.6) is 0 Å². The predicted octanol–water partition coefficient (Wildman–Crippen LogP) is 6.54. The smallest absolute Gasteiger partial charge is 0.128 e. The molecular formula is C23H20Cl3N3. The summed E-state index contributed by atoms with van der Waals surface area (Å²) < 4.78 is 0. The largest absolute Gasteiger partial charge is 0.360 e. The average molecular weight is 445 g/mol. The van der Waals surface area contributed by atoms with Crippen LogP contribution in [0.1, 0.15) is 17.2 Å². The van der Waals surface area contributed by atoms with Crippen LogP contribution in [-0.2, 0) is 0 Å². The van der Waals surface area contributed by atoms with E-state index in [4.69, 9.17) is 40.2 Å². The minimum Gasteiger partial charge on any atom is -0.360 e. The maximum Gasteiger partial charge on any atom is 0.128 e. The van der Waals surface area contributed by atoms with E-state index < -0.39 is 0 Å². The van der Waals surface area contributed by atoms with E-state index in [-0.39, 0.29) is 6.04 Å². The lowest BCUT2D eigenvalue weighted by Crippen LogP contribution is -2.50. The highest BCUT2D eigenvalue weighted by molar-refractivity contribution is 6.36. The molecule has 6 heteroatoms. The average Bonchev–Trinajstić information content (AvgIpc) is 2.74. The zero-order chi connectivity index (χ0) is 20.4. The standard InChI is InChI=1S/C23H20Cl3N3/c24-18-8-6-16(7-9-18)22-15-28(23(27)17-4-2-1-3-5-17)12-13-29(22)21-11-10-19(25)14-20(21)26/h1-11,14,22,27H,12-13,15H2. The molecule has 1 unspecified atom stereocenters. The van der Waals surface area contributed by atoms with Gasteiger partial charge in [0.2, 0.25) is 0 Å². The van der Waals surface area contributed by atoms with Crippen molar-refractivity contribution in [2.24, 2.45) is 0 Å². The number of benzene rings is 3. The van der Waals surface area contributed by atoms with Gasteiger partial charge in [-0.15, -0.1) is 0 Å². The van der Waals surface area contributed by atoms with Gasteiger partial charge in [-0.3, -0.25) is 5.41 Å². The van der Waals surface area contributed by atoms with Gasteiger partial charge >= 0.3 is 0 Å². The van der Waals surface area contributed by atoms with E-state index in [1.54, 1.807) is 6.07 Å². The molecule has 3 aromatic carbocycles. The molecule has 148 valence electrons. The van der Waals surface area contributed by atoms with Crippen LogP contribution in [0.3, 0.4) is 0 Å². The number of hydrogen-bond acceptors (Lipinski definition) is 2. The van der Waals surface area contributed by atoms with E-state index >= 15 is 0 Å². The molecule has 1 N–H and O–H groups in total. The monoisotopic (exact) mass is 443 g/mol. The highest BCUT2D eigenvalue weighted by Crippen LogP contribution is 2.37. The lowest BCUT2D eigenvalue weighted by atomic mass is 10.0. The molecular weight excluding hydrogens is 425 g/mol. The maximum absolute atomic E-state index is 8.69. The second-order valence-corrected chi connectivity index (χ2v) is 8.30. The number of piperazine rings is 1. The Morgan fingerprint density at radius 3 is 2.21 bits per heavy atom. The second-order valence-electron chi connectivity index (χ2n) is 7.02. The third-order valence-corrected chi connectivity index (χ3v) is 6.01. The van der Waals surface area contributed by atoms with Crippen molar-refractivity contribution in [2.75, 3.05) is 24.5 Å². The van der Waals surface area contributed by atoms with E-state index in [2.05, 4.69) is 9.80 Å². The predicted molar refractivity (Wildman–Crippen MR) is 123 cm³/mol. The summed E-state index contributed by atoms with van der Waals surface area (Å²) >= 11 is 18.7. The van der Waals surface area contributed by atoms with Crippen LogP contribution in [0.25, 0.3) is 0 Å². The molecule has 4 rings (SSSR count). The minimum absolute atomic E-state index is 0.0313. The fraction of sp³-hybridized carbons (Fsp3) is 0.174. The summed E-state index contributed by atoms with van der Waals surface area (Å²) in [5.74, 6) is 0.534. The van der Waals surface area contributed by atoms with E-state index in [9.17, 15) is 0 Å². The Balaban J connectivity index is 1.68. The summed E-state index contributed by atoms with van der Waals surface area (Å²) in [6, 6.07) is 23.4. The molecule has 1 fully saturated rings. The summed E-state index contributed by atoms with van der Waals surface area (Å²) in [5, 5.41) is 10.6. The highest BCUT2D eigenvalue weighted by atomic mass is 35.5. The van der Waals surface area contributed by atoms with Gasteiger partial charge in [0, 0.05) is 35.2 Å². The Kier molecular flexibility index (Phi) is 6.00. The molecule has 0 aliphatic carbocycles. The van der Waals surface area contributed by atoms with Crippen molar-refractivity contribution in [3.05, 3.63) is 99.0 Å². The van der Waals surface area contributed by atoms with Gasteiger partial charge in [0.05, 0.1) is 16.8 Å². The van der Waals surface area contributed by atoms with Crippen molar-refractivity contribution in [3.8, 4) is 0 Å². The Hall–Kier alpha value is -2.20. The zero-order valence-electron chi connectivity index (χ0n) is 15.7. The number of rotatable bonds is 3. The lowest BCUT2D eigenvalue weighted by Gasteiger charge is -2.44. The van der Waals surface area contributed by atoms with Gasteiger partial charge in [-0.1, -0.05) is 77.3 Å². The molecule has 3 aromatic rings. The third-order valence-electron chi connectivity index (χ3n) is 5.22. The number of amidine groups is 1. The molecule has 1 heterocycles. The Morgan fingerprint density at radius 2 is 1.52 bits per heavy atom. The Labute approximate surface area is 185 Å². The first-order valence-electron chi connectivity index (χ1n) is 9.39. The summed E-state index contributed by atoms with van der Waals surface area (Å²) in [6.45, 7) is 2.15.